The van der Waals surface area contributed by atoms with E-state index >= 15 is 0 Å². The molecule has 1 aliphatic carbocycles. The van der Waals surface area contributed by atoms with Crippen LogP contribution in [0.15, 0.2) is 0 Å². The topological polar surface area (TPSA) is 43.4 Å². The first-order chi connectivity index (χ1) is 6.00. The summed E-state index contributed by atoms with van der Waals surface area (Å²) < 4.78 is 4.92. The van der Waals surface area contributed by atoms with E-state index in [1.54, 1.807) is 0 Å². The van der Waals surface area contributed by atoms with Crippen molar-refractivity contribution in [2.45, 2.75) is 27.2 Å². The van der Waals surface area contributed by atoms with Crippen LogP contribution < -0.4 is 0 Å². The standard InChI is InChI=1S/C10H16O3/c1-7(12)13-6-9-8(4-5-11)10(9,2)3/h5,8-9H,4,6H2,1-3H3/t8-,9+/m1/s1. The Kier molecular flexibility index (Phi) is 2.74. The molecule has 0 bridgehead atoms. The Morgan fingerprint density at radius 1 is 1.46 bits per heavy atom. The van der Waals surface area contributed by atoms with Gasteiger partial charge in [-0.15, -0.1) is 0 Å². The molecular weight excluding hydrogens is 168 g/mol. The van der Waals surface area contributed by atoms with Gasteiger partial charge in [0.25, 0.3) is 0 Å². The lowest BCUT2D eigenvalue weighted by Gasteiger charge is -2.02. The molecule has 0 aromatic carbocycles. The number of esters is 1. The predicted octanol–water partition coefficient (Wildman–Crippen LogP) is 1.41. The molecule has 0 unspecified atom stereocenters. The van der Waals surface area contributed by atoms with Crippen LogP contribution in [0.1, 0.15) is 27.2 Å². The highest BCUT2D eigenvalue weighted by atomic mass is 16.5. The van der Waals surface area contributed by atoms with Crippen molar-refractivity contribution in [2.24, 2.45) is 17.3 Å². The summed E-state index contributed by atoms with van der Waals surface area (Å²) >= 11 is 0. The second-order valence-electron chi connectivity index (χ2n) is 4.24. The van der Waals surface area contributed by atoms with E-state index in [2.05, 4.69) is 13.8 Å². The summed E-state index contributed by atoms with van der Waals surface area (Å²) in [5.74, 6) is 0.513. The van der Waals surface area contributed by atoms with Gasteiger partial charge in [0.15, 0.2) is 0 Å². The number of rotatable bonds is 4. The molecule has 3 nitrogen and oxygen atoms in total. The normalized spacial score (nSPS) is 29.5. The van der Waals surface area contributed by atoms with Crippen LogP contribution in [0.4, 0.5) is 0 Å². The van der Waals surface area contributed by atoms with Crippen LogP contribution in [0.25, 0.3) is 0 Å². The highest BCUT2D eigenvalue weighted by Crippen LogP contribution is 2.59. The van der Waals surface area contributed by atoms with Crippen LogP contribution in [0.2, 0.25) is 0 Å². The molecule has 0 amide bonds. The van der Waals surface area contributed by atoms with Crippen molar-refractivity contribution in [1.82, 2.24) is 0 Å². The van der Waals surface area contributed by atoms with Gasteiger partial charge >= 0.3 is 5.97 Å². The van der Waals surface area contributed by atoms with Gasteiger partial charge in [0, 0.05) is 19.3 Å². The van der Waals surface area contributed by atoms with Gasteiger partial charge in [0.05, 0.1) is 6.61 Å². The summed E-state index contributed by atoms with van der Waals surface area (Å²) in [6.45, 7) is 6.08. The van der Waals surface area contributed by atoms with Crippen molar-refractivity contribution in [1.29, 1.82) is 0 Å². The van der Waals surface area contributed by atoms with E-state index < -0.39 is 0 Å². The molecule has 13 heavy (non-hydrogen) atoms. The maximum Gasteiger partial charge on any atom is 0.302 e. The molecule has 0 aromatic heterocycles. The molecule has 0 aliphatic heterocycles. The first kappa shape index (κ1) is 10.2. The maximum atomic E-state index is 10.6. The van der Waals surface area contributed by atoms with E-state index in [4.69, 9.17) is 4.74 Å². The van der Waals surface area contributed by atoms with Crippen LogP contribution >= 0.6 is 0 Å². The lowest BCUT2D eigenvalue weighted by molar-refractivity contribution is -0.141. The Bertz CT molecular complexity index is 220. The molecular formula is C10H16O3. The van der Waals surface area contributed by atoms with Gasteiger partial charge < -0.3 is 9.53 Å². The van der Waals surface area contributed by atoms with Crippen LogP contribution in [-0.2, 0) is 14.3 Å². The second kappa shape index (κ2) is 3.48. The van der Waals surface area contributed by atoms with E-state index in [0.29, 0.717) is 24.9 Å². The monoisotopic (exact) mass is 184 g/mol. The van der Waals surface area contributed by atoms with Gasteiger partial charge in [-0.1, -0.05) is 13.8 Å². The third-order valence-electron chi connectivity index (χ3n) is 3.10. The summed E-state index contributed by atoms with van der Waals surface area (Å²) in [5.41, 5.74) is 0.163. The Balaban J connectivity index is 2.36. The van der Waals surface area contributed by atoms with Crippen LogP contribution in [0, 0.1) is 17.3 Å². The zero-order valence-electron chi connectivity index (χ0n) is 8.37. The fraction of sp³-hybridized carbons (Fsp3) is 0.800. The lowest BCUT2D eigenvalue weighted by atomic mass is 10.1. The van der Waals surface area contributed by atoms with E-state index in [1.165, 1.54) is 6.92 Å². The van der Waals surface area contributed by atoms with Crippen molar-refractivity contribution < 1.29 is 14.3 Å². The first-order valence-electron chi connectivity index (χ1n) is 4.57. The molecule has 74 valence electrons. The molecule has 0 N–H and O–H groups in total. The van der Waals surface area contributed by atoms with Crippen molar-refractivity contribution in [3.8, 4) is 0 Å². The number of hydrogen-bond donors (Lipinski definition) is 0. The predicted molar refractivity (Wildman–Crippen MR) is 48.1 cm³/mol. The van der Waals surface area contributed by atoms with Crippen LogP contribution in [0.3, 0.4) is 0 Å². The average molecular weight is 184 g/mol. The summed E-state index contributed by atoms with van der Waals surface area (Å²) in [4.78, 5) is 20.9. The Labute approximate surface area is 78.5 Å². The number of carbonyl (C=O) groups excluding carboxylic acids is 2. The molecule has 3 heteroatoms. The van der Waals surface area contributed by atoms with Gasteiger partial charge in [-0.2, -0.15) is 0 Å². The number of hydrogen-bond acceptors (Lipinski definition) is 3. The SMILES string of the molecule is CC(=O)OC[C@H]1[C@@H](CC=O)C1(C)C. The number of ether oxygens (including phenoxy) is 1. The van der Waals surface area contributed by atoms with Crippen molar-refractivity contribution in [2.75, 3.05) is 6.61 Å². The van der Waals surface area contributed by atoms with E-state index in [-0.39, 0.29) is 11.4 Å². The molecule has 0 saturated heterocycles. The Morgan fingerprint density at radius 3 is 2.54 bits per heavy atom. The third kappa shape index (κ3) is 2.08. The molecule has 1 saturated carbocycles. The summed E-state index contributed by atoms with van der Waals surface area (Å²) in [5, 5.41) is 0. The molecule has 0 radical (unpaired) electrons. The second-order valence-corrected chi connectivity index (χ2v) is 4.24. The fourth-order valence-electron chi connectivity index (χ4n) is 1.97. The van der Waals surface area contributed by atoms with Crippen molar-refractivity contribution >= 4 is 12.3 Å². The minimum Gasteiger partial charge on any atom is -0.466 e. The Hall–Kier alpha value is -0.860. The van der Waals surface area contributed by atoms with Crippen LogP contribution in [0.5, 0.6) is 0 Å². The maximum absolute atomic E-state index is 10.6. The highest BCUT2D eigenvalue weighted by molar-refractivity contribution is 5.66. The quantitative estimate of drug-likeness (QED) is 0.490. The zero-order chi connectivity index (χ0) is 10.1. The number of carbonyl (C=O) groups is 2. The van der Waals surface area contributed by atoms with Gasteiger partial charge in [-0.05, 0) is 11.3 Å². The number of aldehydes is 1. The van der Waals surface area contributed by atoms with Gasteiger partial charge in [0.2, 0.25) is 0 Å². The van der Waals surface area contributed by atoms with Gasteiger partial charge in [0.1, 0.15) is 6.29 Å². The van der Waals surface area contributed by atoms with Crippen LogP contribution in [-0.4, -0.2) is 18.9 Å². The largest absolute Gasteiger partial charge is 0.466 e. The van der Waals surface area contributed by atoms with Gasteiger partial charge in [-0.3, -0.25) is 4.79 Å². The van der Waals surface area contributed by atoms with E-state index in [1.807, 2.05) is 0 Å². The smallest absolute Gasteiger partial charge is 0.302 e. The molecule has 1 rings (SSSR count). The van der Waals surface area contributed by atoms with Crippen molar-refractivity contribution in [3.63, 3.8) is 0 Å². The summed E-state index contributed by atoms with van der Waals surface area (Å²) in [6.07, 6.45) is 1.53. The summed E-state index contributed by atoms with van der Waals surface area (Å²) in [7, 11) is 0. The van der Waals surface area contributed by atoms with E-state index in [0.717, 1.165) is 6.29 Å². The Morgan fingerprint density at radius 2 is 2.08 bits per heavy atom. The zero-order valence-corrected chi connectivity index (χ0v) is 8.37. The lowest BCUT2D eigenvalue weighted by Crippen LogP contribution is -2.05. The van der Waals surface area contributed by atoms with Crippen molar-refractivity contribution in [3.05, 3.63) is 0 Å². The van der Waals surface area contributed by atoms with E-state index in [9.17, 15) is 9.59 Å². The molecule has 0 heterocycles. The minimum absolute atomic E-state index is 0.163. The third-order valence-corrected chi connectivity index (χ3v) is 3.10. The molecule has 1 aliphatic rings. The fourth-order valence-corrected chi connectivity index (χ4v) is 1.97. The highest BCUT2D eigenvalue weighted by Gasteiger charge is 2.57. The first-order valence-corrected chi connectivity index (χ1v) is 4.57. The molecule has 2 atom stereocenters. The average Bonchev–Trinajstić information content (AvgIpc) is 2.51. The molecule has 1 fully saturated rings. The molecule has 0 spiro atoms. The van der Waals surface area contributed by atoms with Gasteiger partial charge in [-0.25, -0.2) is 0 Å². The molecule has 0 aromatic rings. The summed E-state index contributed by atoms with van der Waals surface area (Å²) in [6, 6.07) is 0. The minimum atomic E-state index is -0.243.